The molecule has 0 saturated heterocycles. The number of para-hydroxylation sites is 1. The first-order valence-electron chi connectivity index (χ1n) is 5.97. The van der Waals surface area contributed by atoms with Crippen LogP contribution in [0.3, 0.4) is 0 Å². The third kappa shape index (κ3) is 2.38. The first-order chi connectivity index (χ1) is 9.63. The van der Waals surface area contributed by atoms with E-state index in [1.54, 1.807) is 12.1 Å². The second-order valence-corrected chi connectivity index (χ2v) is 4.76. The Morgan fingerprint density at radius 1 is 1.15 bits per heavy atom. The first kappa shape index (κ1) is 12.7. The van der Waals surface area contributed by atoms with Crippen LogP contribution < -0.4 is 5.32 Å². The van der Waals surface area contributed by atoms with Gasteiger partial charge in [0.25, 0.3) is 5.91 Å². The fraction of sp³-hybridized carbons (Fsp3) is 0. The second-order valence-electron chi connectivity index (χ2n) is 4.35. The van der Waals surface area contributed by atoms with E-state index < -0.39 is 5.82 Å². The topological polar surface area (TPSA) is 44.9 Å². The van der Waals surface area contributed by atoms with Crippen LogP contribution in [0.25, 0.3) is 10.9 Å². The van der Waals surface area contributed by atoms with Crippen LogP contribution in [0.1, 0.15) is 10.5 Å². The molecule has 1 amide bonds. The monoisotopic (exact) mass is 288 g/mol. The zero-order valence-electron chi connectivity index (χ0n) is 10.3. The number of H-pyrrole nitrogens is 1. The summed E-state index contributed by atoms with van der Waals surface area (Å²) in [6.07, 6.45) is 0. The molecule has 3 nitrogen and oxygen atoms in total. The maximum Gasteiger partial charge on any atom is 0.272 e. The molecule has 3 aromatic rings. The number of anilines is 1. The van der Waals surface area contributed by atoms with Gasteiger partial charge in [-0.15, -0.1) is 0 Å². The molecule has 0 bridgehead atoms. The van der Waals surface area contributed by atoms with Gasteiger partial charge in [0.1, 0.15) is 11.5 Å². The highest BCUT2D eigenvalue weighted by Gasteiger charge is 2.10. The van der Waals surface area contributed by atoms with Gasteiger partial charge in [-0.25, -0.2) is 4.39 Å². The molecular weight excluding hydrogens is 279 g/mol. The van der Waals surface area contributed by atoms with Crippen molar-refractivity contribution in [2.45, 2.75) is 0 Å². The third-order valence-electron chi connectivity index (χ3n) is 2.95. The Kier molecular flexibility index (Phi) is 3.16. The predicted octanol–water partition coefficient (Wildman–Crippen LogP) is 4.21. The van der Waals surface area contributed by atoms with Crippen molar-refractivity contribution in [2.75, 3.05) is 5.32 Å². The van der Waals surface area contributed by atoms with E-state index in [2.05, 4.69) is 10.3 Å². The van der Waals surface area contributed by atoms with Gasteiger partial charge in [-0.2, -0.15) is 0 Å². The number of carbonyl (C=O) groups excluding carboxylic acids is 1. The average Bonchev–Trinajstić information content (AvgIpc) is 2.87. The summed E-state index contributed by atoms with van der Waals surface area (Å²) in [5.41, 5.74) is 1.65. The minimum absolute atomic E-state index is 0.0219. The molecule has 0 fully saturated rings. The lowest BCUT2D eigenvalue weighted by atomic mass is 10.2. The van der Waals surface area contributed by atoms with Crippen molar-refractivity contribution in [3.05, 3.63) is 65.1 Å². The van der Waals surface area contributed by atoms with Gasteiger partial charge in [0, 0.05) is 16.6 Å². The normalized spacial score (nSPS) is 10.7. The highest BCUT2D eigenvalue weighted by Crippen LogP contribution is 2.20. The summed E-state index contributed by atoms with van der Waals surface area (Å²) < 4.78 is 13.3. The first-order valence-corrected chi connectivity index (χ1v) is 6.35. The number of carbonyl (C=O) groups is 1. The van der Waals surface area contributed by atoms with E-state index in [0.29, 0.717) is 11.4 Å². The molecular formula is C15H10ClFN2O. The maximum absolute atomic E-state index is 13.3. The second kappa shape index (κ2) is 4.98. The summed E-state index contributed by atoms with van der Waals surface area (Å²) in [5, 5.41) is 3.58. The summed E-state index contributed by atoms with van der Waals surface area (Å²) in [4.78, 5) is 15.1. The number of benzene rings is 2. The summed E-state index contributed by atoms with van der Waals surface area (Å²) in [5.74, 6) is -0.899. The minimum atomic E-state index is -0.568. The van der Waals surface area contributed by atoms with Crippen molar-refractivity contribution in [1.29, 1.82) is 0 Å². The van der Waals surface area contributed by atoms with Gasteiger partial charge in [-0.05, 0) is 30.3 Å². The standard InChI is InChI=1S/C15H10ClFN2O/c16-11-6-5-10(8-12(11)17)18-15(20)14-7-9-3-1-2-4-13(9)19-14/h1-8,19H,(H,18,20). The average molecular weight is 289 g/mol. The molecule has 0 aliphatic carbocycles. The number of nitrogens with one attached hydrogen (secondary N) is 2. The number of amides is 1. The highest BCUT2D eigenvalue weighted by molar-refractivity contribution is 6.30. The van der Waals surface area contributed by atoms with Gasteiger partial charge in [0.2, 0.25) is 0 Å². The highest BCUT2D eigenvalue weighted by atomic mass is 35.5. The minimum Gasteiger partial charge on any atom is -0.351 e. The molecule has 100 valence electrons. The number of hydrogen-bond donors (Lipinski definition) is 2. The molecule has 0 unspecified atom stereocenters. The molecule has 2 aromatic carbocycles. The van der Waals surface area contributed by atoms with E-state index in [1.165, 1.54) is 12.1 Å². The Hall–Kier alpha value is -2.33. The summed E-state index contributed by atoms with van der Waals surface area (Å²) >= 11 is 5.59. The van der Waals surface area contributed by atoms with Crippen molar-refractivity contribution in [3.63, 3.8) is 0 Å². The van der Waals surface area contributed by atoms with Crippen LogP contribution in [-0.2, 0) is 0 Å². The number of halogens is 2. The van der Waals surface area contributed by atoms with Crippen LogP contribution >= 0.6 is 11.6 Å². The largest absolute Gasteiger partial charge is 0.351 e. The van der Waals surface area contributed by atoms with E-state index in [4.69, 9.17) is 11.6 Å². The van der Waals surface area contributed by atoms with Crippen molar-refractivity contribution in [3.8, 4) is 0 Å². The predicted molar refractivity (Wildman–Crippen MR) is 77.7 cm³/mol. The van der Waals surface area contributed by atoms with E-state index in [0.717, 1.165) is 10.9 Å². The van der Waals surface area contributed by atoms with E-state index >= 15 is 0 Å². The third-order valence-corrected chi connectivity index (χ3v) is 3.26. The Bertz CT molecular complexity index is 764. The molecule has 0 saturated carbocycles. The van der Waals surface area contributed by atoms with Gasteiger partial charge in [0.15, 0.2) is 0 Å². The molecule has 0 aliphatic rings. The Labute approximate surface area is 119 Å². The molecule has 3 rings (SSSR count). The van der Waals surface area contributed by atoms with Crippen LogP contribution in [0.2, 0.25) is 5.02 Å². The zero-order valence-corrected chi connectivity index (χ0v) is 11.0. The van der Waals surface area contributed by atoms with Gasteiger partial charge in [-0.3, -0.25) is 4.79 Å². The van der Waals surface area contributed by atoms with Crippen molar-refractivity contribution in [1.82, 2.24) is 4.98 Å². The lowest BCUT2D eigenvalue weighted by Crippen LogP contribution is -2.12. The summed E-state index contributed by atoms with van der Waals surface area (Å²) in [6.45, 7) is 0. The molecule has 1 heterocycles. The molecule has 20 heavy (non-hydrogen) atoms. The number of hydrogen-bond acceptors (Lipinski definition) is 1. The molecule has 2 N–H and O–H groups in total. The molecule has 0 atom stereocenters. The number of rotatable bonds is 2. The fourth-order valence-corrected chi connectivity index (χ4v) is 2.09. The number of aromatic nitrogens is 1. The van der Waals surface area contributed by atoms with Crippen LogP contribution in [-0.4, -0.2) is 10.9 Å². The lowest BCUT2D eigenvalue weighted by molar-refractivity contribution is 0.102. The van der Waals surface area contributed by atoms with Gasteiger partial charge < -0.3 is 10.3 Å². The molecule has 5 heteroatoms. The van der Waals surface area contributed by atoms with E-state index in [9.17, 15) is 9.18 Å². The fourth-order valence-electron chi connectivity index (χ4n) is 1.97. The Balaban J connectivity index is 1.86. The van der Waals surface area contributed by atoms with Crippen molar-refractivity contribution >= 4 is 34.1 Å². The number of fused-ring (bicyclic) bond motifs is 1. The molecule has 0 radical (unpaired) electrons. The smallest absolute Gasteiger partial charge is 0.272 e. The van der Waals surface area contributed by atoms with Crippen LogP contribution in [0.5, 0.6) is 0 Å². The zero-order chi connectivity index (χ0) is 14.1. The van der Waals surface area contributed by atoms with Crippen molar-refractivity contribution < 1.29 is 9.18 Å². The van der Waals surface area contributed by atoms with Gasteiger partial charge in [-0.1, -0.05) is 29.8 Å². The SMILES string of the molecule is O=C(Nc1ccc(Cl)c(F)c1)c1cc2ccccc2[nH]1. The Morgan fingerprint density at radius 2 is 1.95 bits per heavy atom. The quantitative estimate of drug-likeness (QED) is 0.729. The molecule has 0 spiro atoms. The van der Waals surface area contributed by atoms with Crippen LogP contribution in [0, 0.1) is 5.82 Å². The molecule has 1 aromatic heterocycles. The lowest BCUT2D eigenvalue weighted by Gasteiger charge is -2.04. The Morgan fingerprint density at radius 3 is 2.70 bits per heavy atom. The van der Waals surface area contributed by atoms with Gasteiger partial charge in [0.05, 0.1) is 5.02 Å². The number of aromatic amines is 1. The van der Waals surface area contributed by atoms with E-state index in [-0.39, 0.29) is 10.9 Å². The van der Waals surface area contributed by atoms with Gasteiger partial charge >= 0.3 is 0 Å². The van der Waals surface area contributed by atoms with E-state index in [1.807, 2.05) is 24.3 Å². The van der Waals surface area contributed by atoms with Crippen LogP contribution in [0.15, 0.2) is 48.5 Å². The van der Waals surface area contributed by atoms with Crippen LogP contribution in [0.4, 0.5) is 10.1 Å². The van der Waals surface area contributed by atoms with Crippen molar-refractivity contribution in [2.24, 2.45) is 0 Å². The summed E-state index contributed by atoms with van der Waals surface area (Å²) in [7, 11) is 0. The maximum atomic E-state index is 13.3. The molecule has 0 aliphatic heterocycles. The summed E-state index contributed by atoms with van der Waals surface area (Å²) in [6, 6.07) is 13.4.